The van der Waals surface area contributed by atoms with Gasteiger partial charge in [-0.1, -0.05) is 0 Å². The van der Waals surface area contributed by atoms with E-state index in [-0.39, 0.29) is 5.91 Å². The van der Waals surface area contributed by atoms with Gasteiger partial charge in [-0.05, 0) is 28.9 Å². The molecule has 0 spiro atoms. The highest BCUT2D eigenvalue weighted by Gasteiger charge is 2.18. The zero-order valence-corrected chi connectivity index (χ0v) is 13.5. The molecule has 2 aromatic heterocycles. The number of aryl methyl sites for hydroxylation is 1. The lowest BCUT2D eigenvalue weighted by Gasteiger charge is -2.17. The summed E-state index contributed by atoms with van der Waals surface area (Å²) in [5.41, 5.74) is 3.72. The summed E-state index contributed by atoms with van der Waals surface area (Å²) >= 11 is 4.86. The van der Waals surface area contributed by atoms with Crippen LogP contribution < -0.4 is 11.3 Å². The molecule has 0 radical (unpaired) electrons. The molecule has 8 heteroatoms. The highest BCUT2D eigenvalue weighted by atomic mass is 79.9. The highest BCUT2D eigenvalue weighted by molar-refractivity contribution is 9.10. The molecule has 0 saturated heterocycles. The number of carbonyl (C=O) groups excluding carboxylic acids is 1. The van der Waals surface area contributed by atoms with Gasteiger partial charge in [0.2, 0.25) is 0 Å². The van der Waals surface area contributed by atoms with E-state index in [9.17, 15) is 4.79 Å². The van der Waals surface area contributed by atoms with Crippen molar-refractivity contribution in [1.82, 2.24) is 14.9 Å². The number of thiazole rings is 1. The van der Waals surface area contributed by atoms with Gasteiger partial charge in [0, 0.05) is 23.1 Å². The van der Waals surface area contributed by atoms with Crippen LogP contribution in [-0.2, 0) is 6.54 Å². The first kappa shape index (κ1) is 14.9. The van der Waals surface area contributed by atoms with Crippen molar-refractivity contribution in [2.75, 3.05) is 12.5 Å². The number of amides is 1. The molecule has 0 bridgehead atoms. The fourth-order valence-corrected chi connectivity index (χ4v) is 2.65. The van der Waals surface area contributed by atoms with Crippen molar-refractivity contribution in [3.8, 4) is 0 Å². The Morgan fingerprint density at radius 3 is 2.95 bits per heavy atom. The molecule has 0 aliphatic carbocycles. The lowest BCUT2D eigenvalue weighted by molar-refractivity contribution is 0.0784. The lowest BCUT2D eigenvalue weighted by Crippen LogP contribution is -2.28. The Morgan fingerprint density at radius 1 is 1.60 bits per heavy atom. The number of nitrogen functional groups attached to an aromatic ring is 1. The second-order valence-electron chi connectivity index (χ2n) is 4.21. The maximum absolute atomic E-state index is 12.4. The molecule has 0 unspecified atom stereocenters. The summed E-state index contributed by atoms with van der Waals surface area (Å²) < 4.78 is 0.720. The van der Waals surface area contributed by atoms with Crippen molar-refractivity contribution in [1.29, 1.82) is 0 Å². The van der Waals surface area contributed by atoms with Crippen molar-refractivity contribution >= 4 is 39.0 Å². The monoisotopic (exact) mass is 355 g/mol. The second kappa shape index (κ2) is 6.29. The number of nitrogens with two attached hydrogens (primary N) is 1. The van der Waals surface area contributed by atoms with Crippen LogP contribution in [0.15, 0.2) is 22.1 Å². The Balaban J connectivity index is 2.20. The van der Waals surface area contributed by atoms with Crippen molar-refractivity contribution in [3.05, 3.63) is 38.4 Å². The fourth-order valence-electron chi connectivity index (χ4n) is 1.72. The summed E-state index contributed by atoms with van der Waals surface area (Å²) in [5.74, 6) is 5.56. The highest BCUT2D eigenvalue weighted by Crippen LogP contribution is 2.20. The van der Waals surface area contributed by atoms with Gasteiger partial charge in [-0.2, -0.15) is 0 Å². The zero-order valence-electron chi connectivity index (χ0n) is 11.1. The van der Waals surface area contributed by atoms with Gasteiger partial charge in [-0.3, -0.25) is 4.79 Å². The first-order valence-corrected chi connectivity index (χ1v) is 7.47. The Bertz CT molecular complexity index is 630. The third kappa shape index (κ3) is 3.33. The minimum Gasteiger partial charge on any atom is -0.336 e. The average Bonchev–Trinajstić information content (AvgIpc) is 2.83. The van der Waals surface area contributed by atoms with E-state index in [1.807, 2.05) is 12.3 Å². The molecule has 0 aliphatic heterocycles. The molecule has 6 nitrogen and oxygen atoms in total. The summed E-state index contributed by atoms with van der Waals surface area (Å²) in [6.45, 7) is 2.38. The summed E-state index contributed by atoms with van der Waals surface area (Å²) in [6, 6.07) is 1.69. The number of rotatable bonds is 4. The lowest BCUT2D eigenvalue weighted by atomic mass is 10.2. The smallest absolute Gasteiger partial charge is 0.257 e. The number of anilines is 1. The van der Waals surface area contributed by atoms with Crippen LogP contribution >= 0.6 is 27.3 Å². The summed E-state index contributed by atoms with van der Waals surface area (Å²) in [7, 11) is 1.72. The Labute approximate surface area is 129 Å². The van der Waals surface area contributed by atoms with E-state index in [0.29, 0.717) is 17.9 Å². The maximum Gasteiger partial charge on any atom is 0.257 e. The van der Waals surface area contributed by atoms with E-state index in [2.05, 4.69) is 31.3 Å². The number of pyridine rings is 1. The third-order valence-electron chi connectivity index (χ3n) is 2.63. The second-order valence-corrected chi connectivity index (χ2v) is 6.19. The molecule has 2 aromatic rings. The van der Waals surface area contributed by atoms with Gasteiger partial charge >= 0.3 is 0 Å². The van der Waals surface area contributed by atoms with E-state index in [0.717, 1.165) is 15.2 Å². The zero-order chi connectivity index (χ0) is 14.7. The van der Waals surface area contributed by atoms with E-state index in [1.165, 1.54) is 0 Å². The van der Waals surface area contributed by atoms with Gasteiger partial charge in [0.25, 0.3) is 5.91 Å². The van der Waals surface area contributed by atoms with Crippen LogP contribution in [0.2, 0.25) is 0 Å². The van der Waals surface area contributed by atoms with Crippen LogP contribution in [0, 0.1) is 6.92 Å². The van der Waals surface area contributed by atoms with E-state index >= 15 is 0 Å². The number of hydrazine groups is 1. The predicted octanol–water partition coefficient (Wildman–Crippen LogP) is 2.17. The number of halogens is 1. The van der Waals surface area contributed by atoms with Crippen LogP contribution in [0.1, 0.15) is 21.1 Å². The van der Waals surface area contributed by atoms with Crippen molar-refractivity contribution in [3.63, 3.8) is 0 Å². The number of nitrogens with one attached hydrogen (secondary N) is 1. The molecule has 20 heavy (non-hydrogen) atoms. The van der Waals surface area contributed by atoms with Crippen LogP contribution in [0.4, 0.5) is 5.82 Å². The number of nitrogens with zero attached hydrogens (tertiary/aromatic N) is 3. The molecular formula is C12H14BrN5OS. The summed E-state index contributed by atoms with van der Waals surface area (Å²) in [6.07, 6.45) is 1.58. The van der Waals surface area contributed by atoms with E-state index in [4.69, 9.17) is 5.84 Å². The van der Waals surface area contributed by atoms with Crippen molar-refractivity contribution in [2.45, 2.75) is 13.5 Å². The fraction of sp³-hybridized carbons (Fsp3) is 0.250. The Morgan fingerprint density at radius 2 is 2.35 bits per heavy atom. The molecule has 2 rings (SSSR count). The molecule has 0 aromatic carbocycles. The molecule has 3 N–H and O–H groups in total. The Kier molecular flexibility index (Phi) is 4.69. The largest absolute Gasteiger partial charge is 0.336 e. The first-order valence-electron chi connectivity index (χ1n) is 5.80. The van der Waals surface area contributed by atoms with Crippen LogP contribution in [-0.4, -0.2) is 27.8 Å². The summed E-state index contributed by atoms with van der Waals surface area (Å²) in [5, 5.41) is 2.93. The minimum atomic E-state index is -0.169. The van der Waals surface area contributed by atoms with Crippen molar-refractivity contribution in [2.24, 2.45) is 5.84 Å². The molecule has 2 heterocycles. The van der Waals surface area contributed by atoms with Gasteiger partial charge in [-0.25, -0.2) is 15.8 Å². The van der Waals surface area contributed by atoms with Gasteiger partial charge < -0.3 is 10.3 Å². The van der Waals surface area contributed by atoms with Gasteiger partial charge in [0.1, 0.15) is 0 Å². The normalized spacial score (nSPS) is 10.4. The maximum atomic E-state index is 12.4. The number of carbonyl (C=O) groups is 1. The van der Waals surface area contributed by atoms with Gasteiger partial charge in [0.15, 0.2) is 5.82 Å². The summed E-state index contributed by atoms with van der Waals surface area (Å²) in [4.78, 5) is 22.4. The third-order valence-corrected chi connectivity index (χ3v) is 3.89. The van der Waals surface area contributed by atoms with Gasteiger partial charge in [0.05, 0.1) is 22.8 Å². The molecule has 106 valence electrons. The number of hydrogen-bond acceptors (Lipinski definition) is 6. The van der Waals surface area contributed by atoms with Gasteiger partial charge in [-0.15, -0.1) is 11.3 Å². The molecule has 0 atom stereocenters. The van der Waals surface area contributed by atoms with Crippen LogP contribution in [0.5, 0.6) is 0 Å². The standard InChI is InChI=1S/C12H14BrN5OS/c1-7-16-9(6-20-7)5-18(2)12(19)10-3-8(13)4-15-11(10)17-14/h3-4,6H,5,14H2,1-2H3,(H,15,17). The van der Waals surface area contributed by atoms with Crippen LogP contribution in [0.3, 0.4) is 0 Å². The molecule has 0 aliphatic rings. The Hall–Kier alpha value is -1.51. The van der Waals surface area contributed by atoms with Crippen molar-refractivity contribution < 1.29 is 4.79 Å². The SMILES string of the molecule is Cc1nc(CN(C)C(=O)c2cc(Br)cnc2NN)cs1. The van der Waals surface area contributed by atoms with Crippen LogP contribution in [0.25, 0.3) is 0 Å². The molecular weight excluding hydrogens is 342 g/mol. The molecule has 0 fully saturated rings. The quantitative estimate of drug-likeness (QED) is 0.648. The van der Waals surface area contributed by atoms with E-state index in [1.54, 1.807) is 35.5 Å². The first-order chi connectivity index (χ1) is 9.51. The number of hydrogen-bond donors (Lipinski definition) is 2. The average molecular weight is 356 g/mol. The minimum absolute atomic E-state index is 0.169. The predicted molar refractivity (Wildman–Crippen MR) is 82.4 cm³/mol. The molecule has 0 saturated carbocycles. The molecule has 1 amide bonds. The topological polar surface area (TPSA) is 84.1 Å². The van der Waals surface area contributed by atoms with E-state index < -0.39 is 0 Å². The number of aromatic nitrogens is 2.